The first-order valence-corrected chi connectivity index (χ1v) is 8.48. The van der Waals surface area contributed by atoms with E-state index in [1.54, 1.807) is 6.92 Å². The summed E-state index contributed by atoms with van der Waals surface area (Å²) in [6.45, 7) is 14.1. The minimum absolute atomic E-state index is 0.164. The van der Waals surface area contributed by atoms with Crippen LogP contribution in [0.2, 0.25) is 0 Å². The van der Waals surface area contributed by atoms with Gasteiger partial charge in [0.2, 0.25) is 5.91 Å². The van der Waals surface area contributed by atoms with Gasteiger partial charge in [-0.25, -0.2) is 0 Å². The van der Waals surface area contributed by atoms with Gasteiger partial charge in [-0.05, 0) is 27.3 Å². The van der Waals surface area contributed by atoms with Crippen LogP contribution < -0.4 is 5.32 Å². The Balaban J connectivity index is 2.51. The molecule has 1 rings (SSSR count). The lowest BCUT2D eigenvalue weighted by atomic mass is 10.2. The van der Waals surface area contributed by atoms with E-state index in [-0.39, 0.29) is 5.91 Å². The lowest BCUT2D eigenvalue weighted by molar-refractivity contribution is -0.130. The van der Waals surface area contributed by atoms with E-state index < -0.39 is 0 Å². The molecule has 22 heavy (non-hydrogen) atoms. The van der Waals surface area contributed by atoms with Crippen LogP contribution in [-0.4, -0.2) is 85.5 Å². The molecule has 0 saturated carbocycles. The first kappa shape index (κ1) is 18.7. The van der Waals surface area contributed by atoms with Gasteiger partial charge in [0.15, 0.2) is 5.96 Å². The Kier molecular flexibility index (Phi) is 8.24. The Bertz CT molecular complexity index is 364. The number of hydrogen-bond acceptors (Lipinski definition) is 3. The molecule has 0 aromatic carbocycles. The number of carbonyl (C=O) groups excluding carboxylic acids is 1. The molecule has 0 aromatic rings. The van der Waals surface area contributed by atoms with Crippen molar-refractivity contribution >= 4 is 11.9 Å². The van der Waals surface area contributed by atoms with Crippen LogP contribution in [0.3, 0.4) is 0 Å². The van der Waals surface area contributed by atoms with Crippen LogP contribution in [-0.2, 0) is 4.79 Å². The summed E-state index contributed by atoms with van der Waals surface area (Å²) in [5.74, 6) is 1.14. The SMILES string of the molecule is CCNC(=NCCN(C)C(C)CC)N1CCN(C(C)=O)CC1. The van der Waals surface area contributed by atoms with Crippen LogP contribution in [0.4, 0.5) is 0 Å². The number of hydrogen-bond donors (Lipinski definition) is 1. The minimum Gasteiger partial charge on any atom is -0.357 e. The summed E-state index contributed by atoms with van der Waals surface area (Å²) in [5.41, 5.74) is 0. The Morgan fingerprint density at radius 2 is 1.82 bits per heavy atom. The smallest absolute Gasteiger partial charge is 0.219 e. The van der Waals surface area contributed by atoms with E-state index >= 15 is 0 Å². The molecular weight excluding hydrogens is 278 g/mol. The fraction of sp³-hybridized carbons (Fsp3) is 0.875. The number of rotatable bonds is 6. The van der Waals surface area contributed by atoms with E-state index in [1.807, 2.05) is 4.90 Å². The van der Waals surface area contributed by atoms with Crippen LogP contribution in [0.1, 0.15) is 34.1 Å². The molecule has 1 aliphatic rings. The predicted molar refractivity (Wildman–Crippen MR) is 92.2 cm³/mol. The lowest BCUT2D eigenvalue weighted by Crippen LogP contribution is -2.53. The van der Waals surface area contributed by atoms with Gasteiger partial charge in [-0.1, -0.05) is 6.92 Å². The first-order valence-electron chi connectivity index (χ1n) is 8.48. The van der Waals surface area contributed by atoms with Crippen molar-refractivity contribution in [2.75, 3.05) is 52.9 Å². The molecule has 1 heterocycles. The zero-order valence-corrected chi connectivity index (χ0v) is 14.9. The molecule has 1 amide bonds. The molecule has 1 fully saturated rings. The maximum atomic E-state index is 11.4. The van der Waals surface area contributed by atoms with Gasteiger partial charge in [0.25, 0.3) is 0 Å². The van der Waals surface area contributed by atoms with Gasteiger partial charge in [-0.3, -0.25) is 9.79 Å². The predicted octanol–water partition coefficient (Wildman–Crippen LogP) is 0.846. The Labute approximate surface area is 135 Å². The number of carbonyl (C=O) groups is 1. The standard InChI is InChI=1S/C16H33N5O/c1-6-14(3)19(5)9-8-18-16(17-7-2)21-12-10-20(11-13-21)15(4)22/h14H,6-13H2,1-5H3,(H,17,18). The second kappa shape index (κ2) is 9.66. The molecule has 6 nitrogen and oxygen atoms in total. The summed E-state index contributed by atoms with van der Waals surface area (Å²) < 4.78 is 0. The van der Waals surface area contributed by atoms with Gasteiger partial charge in [0, 0.05) is 52.2 Å². The third kappa shape index (κ3) is 5.83. The highest BCUT2D eigenvalue weighted by Gasteiger charge is 2.20. The highest BCUT2D eigenvalue weighted by molar-refractivity contribution is 5.80. The molecule has 0 aliphatic carbocycles. The van der Waals surface area contributed by atoms with Crippen molar-refractivity contribution in [1.29, 1.82) is 0 Å². The molecule has 1 unspecified atom stereocenters. The van der Waals surface area contributed by atoms with Gasteiger partial charge >= 0.3 is 0 Å². The van der Waals surface area contributed by atoms with E-state index in [0.29, 0.717) is 6.04 Å². The number of guanidine groups is 1. The molecule has 1 saturated heterocycles. The quantitative estimate of drug-likeness (QED) is 0.583. The van der Waals surface area contributed by atoms with E-state index in [2.05, 4.69) is 42.9 Å². The molecule has 1 atom stereocenters. The van der Waals surface area contributed by atoms with Gasteiger partial charge in [-0.2, -0.15) is 0 Å². The highest BCUT2D eigenvalue weighted by atomic mass is 16.2. The number of piperazine rings is 1. The number of nitrogens with zero attached hydrogens (tertiary/aromatic N) is 4. The maximum absolute atomic E-state index is 11.4. The summed E-state index contributed by atoms with van der Waals surface area (Å²) in [4.78, 5) is 22.7. The van der Waals surface area contributed by atoms with Gasteiger partial charge in [-0.15, -0.1) is 0 Å². The molecule has 6 heteroatoms. The van der Waals surface area contributed by atoms with Crippen molar-refractivity contribution in [3.8, 4) is 0 Å². The fourth-order valence-electron chi connectivity index (χ4n) is 2.50. The van der Waals surface area contributed by atoms with Crippen LogP contribution in [0.25, 0.3) is 0 Å². The molecule has 0 aromatic heterocycles. The molecule has 1 N–H and O–H groups in total. The molecule has 128 valence electrons. The van der Waals surface area contributed by atoms with Crippen LogP contribution in [0, 0.1) is 0 Å². The number of aliphatic imine (C=N–C) groups is 1. The van der Waals surface area contributed by atoms with Crippen LogP contribution >= 0.6 is 0 Å². The second-order valence-electron chi connectivity index (χ2n) is 5.97. The minimum atomic E-state index is 0.164. The summed E-state index contributed by atoms with van der Waals surface area (Å²) in [6, 6.07) is 0.594. The van der Waals surface area contributed by atoms with Crippen molar-refractivity contribution in [2.24, 2.45) is 4.99 Å². The van der Waals surface area contributed by atoms with Crippen molar-refractivity contribution in [1.82, 2.24) is 20.0 Å². The number of likely N-dealkylation sites (N-methyl/N-ethyl adjacent to an activating group) is 1. The average molecular weight is 311 g/mol. The first-order chi connectivity index (χ1) is 10.5. The normalized spacial score (nSPS) is 17.8. The van der Waals surface area contributed by atoms with E-state index in [9.17, 15) is 4.79 Å². The Morgan fingerprint density at radius 1 is 1.23 bits per heavy atom. The molecule has 1 aliphatic heterocycles. The fourth-order valence-corrected chi connectivity index (χ4v) is 2.50. The topological polar surface area (TPSA) is 51.2 Å². The summed E-state index contributed by atoms with van der Waals surface area (Å²) >= 11 is 0. The second-order valence-corrected chi connectivity index (χ2v) is 5.97. The van der Waals surface area contributed by atoms with E-state index in [0.717, 1.165) is 58.2 Å². The lowest BCUT2D eigenvalue weighted by Gasteiger charge is -2.36. The summed E-state index contributed by atoms with van der Waals surface area (Å²) in [7, 11) is 2.16. The Morgan fingerprint density at radius 3 is 2.32 bits per heavy atom. The number of nitrogens with one attached hydrogen (secondary N) is 1. The summed E-state index contributed by atoms with van der Waals surface area (Å²) in [6.07, 6.45) is 1.16. The Hall–Kier alpha value is -1.30. The van der Waals surface area contributed by atoms with E-state index in [1.165, 1.54) is 0 Å². The largest absolute Gasteiger partial charge is 0.357 e. The van der Waals surface area contributed by atoms with Gasteiger partial charge in [0.05, 0.1) is 6.54 Å². The van der Waals surface area contributed by atoms with Crippen molar-refractivity contribution in [3.63, 3.8) is 0 Å². The summed E-state index contributed by atoms with van der Waals surface area (Å²) in [5, 5.41) is 3.37. The molecule has 0 radical (unpaired) electrons. The van der Waals surface area contributed by atoms with Crippen LogP contribution in [0.15, 0.2) is 4.99 Å². The highest BCUT2D eigenvalue weighted by Crippen LogP contribution is 2.03. The monoisotopic (exact) mass is 311 g/mol. The average Bonchev–Trinajstić information content (AvgIpc) is 2.53. The van der Waals surface area contributed by atoms with E-state index in [4.69, 9.17) is 4.99 Å². The third-order valence-corrected chi connectivity index (χ3v) is 4.42. The van der Waals surface area contributed by atoms with Gasteiger partial charge < -0.3 is 20.0 Å². The molecule has 0 spiro atoms. The zero-order valence-electron chi connectivity index (χ0n) is 14.9. The van der Waals surface area contributed by atoms with Crippen molar-refractivity contribution < 1.29 is 4.79 Å². The number of amides is 1. The molecule has 0 bridgehead atoms. The maximum Gasteiger partial charge on any atom is 0.219 e. The van der Waals surface area contributed by atoms with Crippen molar-refractivity contribution in [3.05, 3.63) is 0 Å². The molecular formula is C16H33N5O. The van der Waals surface area contributed by atoms with Crippen molar-refractivity contribution in [2.45, 2.75) is 40.2 Å². The van der Waals surface area contributed by atoms with Gasteiger partial charge in [0.1, 0.15) is 0 Å². The zero-order chi connectivity index (χ0) is 16.5. The third-order valence-electron chi connectivity index (χ3n) is 4.42. The van der Waals surface area contributed by atoms with Crippen LogP contribution in [0.5, 0.6) is 0 Å².